The maximum atomic E-state index is 10.9. The first kappa shape index (κ1) is 6.93. The van der Waals surface area contributed by atoms with Crippen molar-refractivity contribution in [1.82, 2.24) is 5.32 Å². The molecule has 1 fully saturated rings. The van der Waals surface area contributed by atoms with E-state index >= 15 is 0 Å². The van der Waals surface area contributed by atoms with Crippen molar-refractivity contribution in [2.24, 2.45) is 0 Å². The quantitative estimate of drug-likeness (QED) is 0.480. The predicted molar refractivity (Wildman–Crippen MR) is 39.6 cm³/mol. The molecule has 0 aromatic heterocycles. The fourth-order valence-corrected chi connectivity index (χ4v) is 1.18. The highest BCUT2D eigenvalue weighted by Gasteiger charge is 2.30. The highest BCUT2D eigenvalue weighted by molar-refractivity contribution is 7.82. The topological polar surface area (TPSA) is 29.1 Å². The molecule has 0 aliphatic carbocycles. The van der Waals surface area contributed by atoms with Gasteiger partial charge in [0.15, 0.2) is 0 Å². The Hall–Kier alpha value is -0.180. The summed E-state index contributed by atoms with van der Waals surface area (Å²) in [5.41, 5.74) is 0. The molecule has 0 spiro atoms. The molecule has 1 amide bonds. The van der Waals surface area contributed by atoms with Crippen molar-refractivity contribution in [1.29, 1.82) is 0 Å². The molecular formula is C6H11NOS. The third-order valence-corrected chi connectivity index (χ3v) is 2.04. The summed E-state index contributed by atoms with van der Waals surface area (Å²) in [6.07, 6.45) is 1.94. The molecule has 3 heteroatoms. The van der Waals surface area contributed by atoms with Crippen LogP contribution in [0.2, 0.25) is 0 Å². The van der Waals surface area contributed by atoms with Crippen molar-refractivity contribution >= 4 is 18.5 Å². The molecule has 1 aliphatic rings. The van der Waals surface area contributed by atoms with Crippen molar-refractivity contribution in [3.05, 3.63) is 0 Å². The van der Waals surface area contributed by atoms with Crippen molar-refractivity contribution in [2.45, 2.75) is 24.5 Å². The Balaban J connectivity index is 2.60. The summed E-state index contributed by atoms with van der Waals surface area (Å²) in [6, 6.07) is 0. The fourth-order valence-electron chi connectivity index (χ4n) is 0.938. The van der Waals surface area contributed by atoms with Crippen LogP contribution in [-0.2, 0) is 4.79 Å². The molecule has 1 unspecified atom stereocenters. The third kappa shape index (κ3) is 1.39. The number of hydrogen-bond acceptors (Lipinski definition) is 2. The van der Waals surface area contributed by atoms with Gasteiger partial charge in [-0.1, -0.05) is 0 Å². The Kier molecular flexibility index (Phi) is 1.70. The summed E-state index contributed by atoms with van der Waals surface area (Å²) >= 11 is 4.20. The summed E-state index contributed by atoms with van der Waals surface area (Å²) in [6.45, 7) is 2.67. The van der Waals surface area contributed by atoms with Crippen LogP contribution in [-0.4, -0.2) is 17.2 Å². The van der Waals surface area contributed by atoms with Crippen LogP contribution < -0.4 is 5.32 Å². The second-order valence-electron chi connectivity index (χ2n) is 2.63. The first-order chi connectivity index (χ1) is 4.13. The number of rotatable bonds is 0. The second-order valence-corrected chi connectivity index (χ2v) is 3.62. The SMILES string of the molecule is CC1(S)CCCNC1=O. The van der Waals surface area contributed by atoms with Gasteiger partial charge in [0.1, 0.15) is 0 Å². The van der Waals surface area contributed by atoms with Gasteiger partial charge >= 0.3 is 0 Å². The van der Waals surface area contributed by atoms with Gasteiger partial charge in [-0.25, -0.2) is 0 Å². The molecule has 1 aliphatic heterocycles. The number of hydrogen-bond donors (Lipinski definition) is 2. The van der Waals surface area contributed by atoms with E-state index in [0.29, 0.717) is 0 Å². The van der Waals surface area contributed by atoms with Gasteiger partial charge in [-0.05, 0) is 19.8 Å². The van der Waals surface area contributed by atoms with Crippen LogP contribution >= 0.6 is 12.6 Å². The van der Waals surface area contributed by atoms with Crippen LogP contribution in [0.25, 0.3) is 0 Å². The summed E-state index contributed by atoms with van der Waals surface area (Å²) < 4.78 is -0.418. The van der Waals surface area contributed by atoms with Crippen LogP contribution in [0.4, 0.5) is 0 Å². The van der Waals surface area contributed by atoms with Crippen molar-refractivity contribution in [3.8, 4) is 0 Å². The minimum absolute atomic E-state index is 0.0667. The Morgan fingerprint density at radius 2 is 2.44 bits per heavy atom. The van der Waals surface area contributed by atoms with E-state index < -0.39 is 4.75 Å². The molecule has 2 nitrogen and oxygen atoms in total. The normalized spacial score (nSPS) is 36.0. The molecular weight excluding hydrogens is 134 g/mol. The lowest BCUT2D eigenvalue weighted by Gasteiger charge is -2.27. The number of carbonyl (C=O) groups excluding carboxylic acids is 1. The smallest absolute Gasteiger partial charge is 0.235 e. The third-order valence-electron chi connectivity index (χ3n) is 1.62. The monoisotopic (exact) mass is 145 g/mol. The highest BCUT2D eigenvalue weighted by Crippen LogP contribution is 2.22. The zero-order valence-corrected chi connectivity index (χ0v) is 6.37. The average molecular weight is 145 g/mol. The van der Waals surface area contributed by atoms with Gasteiger partial charge in [-0.3, -0.25) is 4.79 Å². The van der Waals surface area contributed by atoms with Crippen LogP contribution in [0, 0.1) is 0 Å². The average Bonchev–Trinajstić information content (AvgIpc) is 1.77. The van der Waals surface area contributed by atoms with Gasteiger partial charge in [0.05, 0.1) is 4.75 Å². The zero-order valence-electron chi connectivity index (χ0n) is 5.48. The molecule has 0 radical (unpaired) electrons. The molecule has 1 atom stereocenters. The molecule has 0 aromatic carbocycles. The van der Waals surface area contributed by atoms with Gasteiger partial charge in [-0.15, -0.1) is 0 Å². The number of amides is 1. The number of nitrogens with one attached hydrogen (secondary N) is 1. The lowest BCUT2D eigenvalue weighted by Crippen LogP contribution is -2.45. The molecule has 1 N–H and O–H groups in total. The zero-order chi connectivity index (χ0) is 6.91. The van der Waals surface area contributed by atoms with E-state index in [-0.39, 0.29) is 5.91 Å². The molecule has 0 bridgehead atoms. The molecule has 0 saturated carbocycles. The fraction of sp³-hybridized carbons (Fsp3) is 0.833. The lowest BCUT2D eigenvalue weighted by atomic mass is 10.0. The predicted octanol–water partition coefficient (Wildman–Crippen LogP) is 0.585. The number of piperidine rings is 1. The van der Waals surface area contributed by atoms with E-state index in [0.717, 1.165) is 19.4 Å². The second kappa shape index (κ2) is 2.21. The maximum absolute atomic E-state index is 10.9. The van der Waals surface area contributed by atoms with Crippen molar-refractivity contribution in [2.75, 3.05) is 6.54 Å². The molecule has 9 heavy (non-hydrogen) atoms. The summed E-state index contributed by atoms with van der Waals surface area (Å²) in [7, 11) is 0. The van der Waals surface area contributed by atoms with E-state index in [2.05, 4.69) is 17.9 Å². The Morgan fingerprint density at radius 1 is 1.78 bits per heavy atom. The molecule has 52 valence electrons. The van der Waals surface area contributed by atoms with Crippen LogP contribution in [0.5, 0.6) is 0 Å². The Bertz CT molecular complexity index is 133. The van der Waals surface area contributed by atoms with E-state index in [1.807, 2.05) is 6.92 Å². The molecule has 0 aromatic rings. The first-order valence-corrected chi connectivity index (χ1v) is 3.58. The number of carbonyl (C=O) groups is 1. The highest BCUT2D eigenvalue weighted by atomic mass is 32.1. The van der Waals surface area contributed by atoms with Crippen LogP contribution in [0.15, 0.2) is 0 Å². The van der Waals surface area contributed by atoms with Gasteiger partial charge in [0.2, 0.25) is 5.91 Å². The number of thiol groups is 1. The summed E-state index contributed by atoms with van der Waals surface area (Å²) in [5.74, 6) is 0.0667. The van der Waals surface area contributed by atoms with E-state index in [1.165, 1.54) is 0 Å². The summed E-state index contributed by atoms with van der Waals surface area (Å²) in [5, 5.41) is 2.76. The lowest BCUT2D eigenvalue weighted by molar-refractivity contribution is -0.124. The Morgan fingerprint density at radius 3 is 2.78 bits per heavy atom. The first-order valence-electron chi connectivity index (χ1n) is 3.13. The maximum Gasteiger partial charge on any atom is 0.235 e. The van der Waals surface area contributed by atoms with Crippen molar-refractivity contribution < 1.29 is 4.79 Å². The van der Waals surface area contributed by atoms with E-state index in [1.54, 1.807) is 0 Å². The summed E-state index contributed by atoms with van der Waals surface area (Å²) in [4.78, 5) is 10.9. The molecule has 1 rings (SSSR count). The minimum Gasteiger partial charge on any atom is -0.355 e. The van der Waals surface area contributed by atoms with Crippen LogP contribution in [0.1, 0.15) is 19.8 Å². The minimum atomic E-state index is -0.418. The van der Waals surface area contributed by atoms with Gasteiger partial charge in [0, 0.05) is 6.54 Å². The van der Waals surface area contributed by atoms with Crippen molar-refractivity contribution in [3.63, 3.8) is 0 Å². The largest absolute Gasteiger partial charge is 0.355 e. The van der Waals surface area contributed by atoms with E-state index in [4.69, 9.17) is 0 Å². The van der Waals surface area contributed by atoms with Gasteiger partial charge in [0.25, 0.3) is 0 Å². The van der Waals surface area contributed by atoms with Gasteiger partial charge < -0.3 is 5.32 Å². The standard InChI is InChI=1S/C6H11NOS/c1-6(9)3-2-4-7-5(6)8/h9H,2-4H2,1H3,(H,7,8). The Labute approximate surface area is 60.4 Å². The molecule has 1 saturated heterocycles. The van der Waals surface area contributed by atoms with E-state index in [9.17, 15) is 4.79 Å². The van der Waals surface area contributed by atoms with Gasteiger partial charge in [-0.2, -0.15) is 12.6 Å². The van der Waals surface area contributed by atoms with Crippen LogP contribution in [0.3, 0.4) is 0 Å². The molecule has 1 heterocycles.